The number of carbonyl (C=O) groups is 3. The maximum absolute atomic E-state index is 13.4. The molecule has 10 heteroatoms. The summed E-state index contributed by atoms with van der Waals surface area (Å²) in [5.41, 5.74) is 1.70. The molecule has 0 spiro atoms. The molecule has 9 nitrogen and oxygen atoms in total. The summed E-state index contributed by atoms with van der Waals surface area (Å²) in [7, 11) is 1.64. The van der Waals surface area contributed by atoms with Crippen molar-refractivity contribution in [2.45, 2.75) is 64.5 Å². The Kier molecular flexibility index (Phi) is 10.2. The first-order valence-corrected chi connectivity index (χ1v) is 14.4. The van der Waals surface area contributed by atoms with E-state index >= 15 is 0 Å². The van der Waals surface area contributed by atoms with Gasteiger partial charge < -0.3 is 30.3 Å². The summed E-state index contributed by atoms with van der Waals surface area (Å²) >= 11 is 0. The lowest BCUT2D eigenvalue weighted by Gasteiger charge is -2.34. The van der Waals surface area contributed by atoms with Crippen LogP contribution in [0.3, 0.4) is 0 Å². The number of amides is 4. The van der Waals surface area contributed by atoms with E-state index in [2.05, 4.69) is 10.6 Å². The number of hydrogen-bond acceptors (Lipinski definition) is 5. The molecule has 1 aliphatic carbocycles. The third kappa shape index (κ3) is 7.97. The van der Waals surface area contributed by atoms with Gasteiger partial charge in [-0.15, -0.1) is 0 Å². The normalized spacial score (nSPS) is 20.5. The van der Waals surface area contributed by atoms with Crippen molar-refractivity contribution < 1.29 is 28.6 Å². The van der Waals surface area contributed by atoms with Crippen molar-refractivity contribution >= 4 is 29.2 Å². The number of carbonyl (C=O) groups excluding carboxylic acids is 3. The summed E-state index contributed by atoms with van der Waals surface area (Å²) in [6.07, 6.45) is 4.60. The van der Waals surface area contributed by atoms with Crippen LogP contribution in [0.1, 0.15) is 51.5 Å². The maximum Gasteiger partial charge on any atom is 0.321 e. The van der Waals surface area contributed by atoms with Gasteiger partial charge in [0.25, 0.3) is 0 Å². The first-order valence-electron chi connectivity index (χ1n) is 14.4. The molecular weight excluding hydrogens is 527 g/mol. The molecule has 0 saturated heterocycles. The fourth-order valence-corrected chi connectivity index (χ4v) is 5.44. The van der Waals surface area contributed by atoms with Crippen LogP contribution >= 0.6 is 0 Å². The van der Waals surface area contributed by atoms with Gasteiger partial charge in [0.1, 0.15) is 17.7 Å². The smallest absolute Gasteiger partial charge is 0.321 e. The number of benzene rings is 2. The molecule has 2 aromatic rings. The molecule has 0 bridgehead atoms. The summed E-state index contributed by atoms with van der Waals surface area (Å²) in [5, 5.41) is 15.6. The predicted molar refractivity (Wildman–Crippen MR) is 155 cm³/mol. The van der Waals surface area contributed by atoms with Crippen molar-refractivity contribution in [3.63, 3.8) is 0 Å². The standard InChI is InChI=1S/C31H41FN4O5/c1-20-17-36(21(2)19-37)29(38)16-23-15-26(33-30(39)22-7-5-4-6-8-22)13-14-27(23)41-28(20)18-35(3)31(40)34-25-11-9-24(32)10-12-25/h9-15,20-22,28,37H,4-8,16-19H2,1-3H3,(H,33,39)(H,34,40)/t20-,21+,28+/m0/s1. The number of aliphatic hydroxyl groups excluding tert-OH is 1. The van der Waals surface area contributed by atoms with Gasteiger partial charge in [-0.25, -0.2) is 9.18 Å². The highest BCUT2D eigenvalue weighted by Crippen LogP contribution is 2.30. The Morgan fingerprint density at radius 3 is 2.46 bits per heavy atom. The number of halogens is 1. The van der Waals surface area contributed by atoms with E-state index in [0.717, 1.165) is 32.1 Å². The van der Waals surface area contributed by atoms with E-state index in [0.29, 0.717) is 29.2 Å². The second-order valence-electron chi connectivity index (χ2n) is 11.4. The molecule has 0 unspecified atom stereocenters. The van der Waals surface area contributed by atoms with Crippen LogP contribution in [0, 0.1) is 17.7 Å². The van der Waals surface area contributed by atoms with Crippen LogP contribution < -0.4 is 15.4 Å². The van der Waals surface area contributed by atoms with Crippen LogP contribution in [0.2, 0.25) is 0 Å². The van der Waals surface area contributed by atoms with E-state index in [1.54, 1.807) is 37.1 Å². The van der Waals surface area contributed by atoms with Crippen molar-refractivity contribution in [3.8, 4) is 5.75 Å². The average molecular weight is 569 g/mol. The van der Waals surface area contributed by atoms with Gasteiger partial charge in [-0.2, -0.15) is 0 Å². The number of aliphatic hydroxyl groups is 1. The molecule has 222 valence electrons. The van der Waals surface area contributed by atoms with E-state index in [1.165, 1.54) is 29.2 Å². The van der Waals surface area contributed by atoms with E-state index in [9.17, 15) is 23.9 Å². The van der Waals surface area contributed by atoms with Gasteiger partial charge in [0.15, 0.2) is 0 Å². The number of rotatable bonds is 7. The lowest BCUT2D eigenvalue weighted by atomic mass is 9.88. The largest absolute Gasteiger partial charge is 0.488 e. The Labute approximate surface area is 241 Å². The monoisotopic (exact) mass is 568 g/mol. The van der Waals surface area contributed by atoms with Crippen LogP contribution in [-0.2, 0) is 16.0 Å². The molecule has 1 saturated carbocycles. The van der Waals surface area contributed by atoms with E-state index in [-0.39, 0.29) is 49.3 Å². The minimum atomic E-state index is -0.486. The fraction of sp³-hybridized carbons (Fsp3) is 0.516. The van der Waals surface area contributed by atoms with Gasteiger partial charge in [0.05, 0.1) is 25.6 Å². The van der Waals surface area contributed by atoms with Gasteiger partial charge in [-0.1, -0.05) is 26.2 Å². The second-order valence-corrected chi connectivity index (χ2v) is 11.4. The Hall–Kier alpha value is -3.66. The highest BCUT2D eigenvalue weighted by atomic mass is 19.1. The number of nitrogens with one attached hydrogen (secondary N) is 2. The Morgan fingerprint density at radius 2 is 1.78 bits per heavy atom. The van der Waals surface area contributed by atoms with E-state index in [4.69, 9.17) is 4.74 Å². The molecule has 3 atom stereocenters. The Balaban J connectivity index is 1.55. The molecule has 4 amide bonds. The molecule has 1 heterocycles. The first-order chi connectivity index (χ1) is 19.6. The molecule has 41 heavy (non-hydrogen) atoms. The predicted octanol–water partition coefficient (Wildman–Crippen LogP) is 4.66. The molecule has 0 aromatic heterocycles. The topological polar surface area (TPSA) is 111 Å². The van der Waals surface area contributed by atoms with E-state index in [1.807, 2.05) is 6.92 Å². The second kappa shape index (κ2) is 13.8. The molecule has 4 rings (SSSR count). The lowest BCUT2D eigenvalue weighted by Crippen LogP contribution is -2.48. The van der Waals surface area contributed by atoms with E-state index < -0.39 is 18.0 Å². The zero-order valence-electron chi connectivity index (χ0n) is 24.1. The fourth-order valence-electron chi connectivity index (χ4n) is 5.44. The van der Waals surface area contributed by atoms with Crippen LogP contribution in [0.15, 0.2) is 42.5 Å². The minimum Gasteiger partial charge on any atom is -0.488 e. The zero-order chi connectivity index (χ0) is 29.5. The number of nitrogens with zero attached hydrogens (tertiary/aromatic N) is 2. The van der Waals surface area contributed by atoms with Crippen molar-refractivity contribution in [1.82, 2.24) is 9.80 Å². The quantitative estimate of drug-likeness (QED) is 0.450. The summed E-state index contributed by atoms with van der Waals surface area (Å²) < 4.78 is 19.7. The molecule has 1 aliphatic heterocycles. The number of urea groups is 1. The van der Waals surface area contributed by atoms with Crippen LogP contribution in [0.4, 0.5) is 20.6 Å². The molecule has 1 fully saturated rings. The summed E-state index contributed by atoms with van der Waals surface area (Å²) in [6.45, 7) is 4.10. The molecule has 0 radical (unpaired) electrons. The third-order valence-electron chi connectivity index (χ3n) is 8.06. The van der Waals surface area contributed by atoms with Gasteiger partial charge in [0, 0.05) is 42.4 Å². The Bertz CT molecular complexity index is 1220. The number of anilines is 2. The zero-order valence-corrected chi connectivity index (χ0v) is 24.1. The van der Waals surface area contributed by atoms with Crippen molar-refractivity contribution in [1.29, 1.82) is 0 Å². The number of fused-ring (bicyclic) bond motifs is 1. The highest BCUT2D eigenvalue weighted by Gasteiger charge is 2.32. The SMILES string of the molecule is C[C@H](CO)N1C[C@H](C)[C@@H](CN(C)C(=O)Nc2ccc(F)cc2)Oc2ccc(NC(=O)C3CCCCC3)cc2CC1=O. The van der Waals surface area contributed by atoms with Gasteiger partial charge in [-0.3, -0.25) is 9.59 Å². The summed E-state index contributed by atoms with van der Waals surface area (Å²) in [6, 6.07) is 10.1. The number of likely N-dealkylation sites (N-methyl/N-ethyl adjacent to an activating group) is 1. The minimum absolute atomic E-state index is 0.00391. The van der Waals surface area contributed by atoms with Crippen LogP contribution in [0.25, 0.3) is 0 Å². The summed E-state index contributed by atoms with van der Waals surface area (Å²) in [4.78, 5) is 42.4. The average Bonchev–Trinajstić information content (AvgIpc) is 3.01. The van der Waals surface area contributed by atoms with Crippen LogP contribution in [0.5, 0.6) is 5.75 Å². The van der Waals surface area contributed by atoms with Crippen molar-refractivity contribution in [2.75, 3.05) is 37.4 Å². The van der Waals surface area contributed by atoms with Gasteiger partial charge >= 0.3 is 6.03 Å². The molecule has 3 N–H and O–H groups in total. The lowest BCUT2D eigenvalue weighted by molar-refractivity contribution is -0.134. The van der Waals surface area contributed by atoms with Gasteiger partial charge in [-0.05, 0) is 62.2 Å². The number of hydrogen-bond donors (Lipinski definition) is 3. The third-order valence-corrected chi connectivity index (χ3v) is 8.06. The molecule has 2 aliphatic rings. The van der Waals surface area contributed by atoms with Crippen LogP contribution in [-0.4, -0.2) is 71.6 Å². The molecular formula is C31H41FN4O5. The Morgan fingerprint density at radius 1 is 1.10 bits per heavy atom. The maximum atomic E-state index is 13.4. The summed E-state index contributed by atoms with van der Waals surface area (Å²) in [5.74, 6) is -0.231. The first kappa shape index (κ1) is 30.3. The number of ether oxygens (including phenoxy) is 1. The van der Waals surface area contributed by atoms with Gasteiger partial charge in [0.2, 0.25) is 11.8 Å². The van der Waals surface area contributed by atoms with Crippen molar-refractivity contribution in [2.24, 2.45) is 11.8 Å². The van der Waals surface area contributed by atoms with Crippen molar-refractivity contribution in [3.05, 3.63) is 53.8 Å². The highest BCUT2D eigenvalue weighted by molar-refractivity contribution is 5.93. The molecule has 2 aromatic carbocycles.